The Bertz CT molecular complexity index is 259. The van der Waals surface area contributed by atoms with Gasteiger partial charge in [-0.2, -0.15) is 0 Å². The Balaban J connectivity index is 1.89. The molecular formula is C11H18O5. The van der Waals surface area contributed by atoms with Crippen LogP contribution >= 0.6 is 0 Å². The Morgan fingerprint density at radius 2 is 2.38 bits per heavy atom. The van der Waals surface area contributed by atoms with Gasteiger partial charge in [0.15, 0.2) is 6.10 Å². The van der Waals surface area contributed by atoms with E-state index in [9.17, 15) is 4.79 Å². The third-order valence-corrected chi connectivity index (χ3v) is 3.26. The van der Waals surface area contributed by atoms with Gasteiger partial charge in [-0.3, -0.25) is 0 Å². The van der Waals surface area contributed by atoms with Crippen LogP contribution in [0.3, 0.4) is 0 Å². The summed E-state index contributed by atoms with van der Waals surface area (Å²) in [6.07, 6.45) is 1.61. The van der Waals surface area contributed by atoms with Crippen molar-refractivity contribution in [3.63, 3.8) is 0 Å². The summed E-state index contributed by atoms with van der Waals surface area (Å²) in [5.41, 5.74) is -0.221. The summed E-state index contributed by atoms with van der Waals surface area (Å²) >= 11 is 0. The van der Waals surface area contributed by atoms with Crippen LogP contribution in [-0.2, 0) is 19.0 Å². The maximum Gasteiger partial charge on any atom is 0.332 e. The predicted octanol–water partition coefficient (Wildman–Crippen LogP) is 0.814. The molecule has 2 aliphatic rings. The number of hydrogen-bond donors (Lipinski definition) is 1. The van der Waals surface area contributed by atoms with E-state index in [0.29, 0.717) is 13.2 Å². The Morgan fingerprint density at radius 1 is 1.56 bits per heavy atom. The van der Waals surface area contributed by atoms with Crippen LogP contribution in [0.25, 0.3) is 0 Å². The molecule has 2 aliphatic heterocycles. The Kier molecular flexibility index (Phi) is 3.47. The molecule has 2 saturated heterocycles. The Morgan fingerprint density at radius 3 is 3.00 bits per heavy atom. The van der Waals surface area contributed by atoms with Gasteiger partial charge in [-0.1, -0.05) is 0 Å². The first-order valence-corrected chi connectivity index (χ1v) is 5.71. The minimum absolute atomic E-state index is 0.0263. The monoisotopic (exact) mass is 230 g/mol. The fourth-order valence-electron chi connectivity index (χ4n) is 2.31. The molecule has 2 heterocycles. The van der Waals surface area contributed by atoms with Crippen molar-refractivity contribution >= 4 is 5.97 Å². The lowest BCUT2D eigenvalue weighted by Gasteiger charge is -2.37. The smallest absolute Gasteiger partial charge is 0.332 e. The molecule has 0 saturated carbocycles. The SMILES string of the molecule is CC(OC1CCOC2(CCOC2)C1)C(=O)O. The van der Waals surface area contributed by atoms with Crippen LogP contribution in [0, 0.1) is 0 Å². The van der Waals surface area contributed by atoms with Gasteiger partial charge >= 0.3 is 5.97 Å². The molecule has 16 heavy (non-hydrogen) atoms. The molecule has 1 spiro atoms. The highest BCUT2D eigenvalue weighted by Gasteiger charge is 2.42. The number of carbonyl (C=O) groups is 1. The van der Waals surface area contributed by atoms with Crippen LogP contribution in [0.1, 0.15) is 26.2 Å². The van der Waals surface area contributed by atoms with Crippen molar-refractivity contribution in [3.8, 4) is 0 Å². The normalized spacial score (nSPS) is 36.4. The van der Waals surface area contributed by atoms with Gasteiger partial charge in [-0.15, -0.1) is 0 Å². The summed E-state index contributed by atoms with van der Waals surface area (Å²) in [6, 6.07) is 0. The molecule has 92 valence electrons. The second-order valence-electron chi connectivity index (χ2n) is 4.57. The molecule has 0 aliphatic carbocycles. The van der Waals surface area contributed by atoms with Gasteiger partial charge in [0.05, 0.1) is 18.3 Å². The molecular weight excluding hydrogens is 212 g/mol. The third kappa shape index (κ3) is 2.53. The number of carboxylic acids is 1. The number of rotatable bonds is 3. The Labute approximate surface area is 94.7 Å². The van der Waals surface area contributed by atoms with Gasteiger partial charge in [0, 0.05) is 26.1 Å². The fraction of sp³-hybridized carbons (Fsp3) is 0.909. The van der Waals surface area contributed by atoms with Crippen LogP contribution in [0.2, 0.25) is 0 Å². The maximum atomic E-state index is 10.7. The quantitative estimate of drug-likeness (QED) is 0.777. The van der Waals surface area contributed by atoms with E-state index in [1.165, 1.54) is 0 Å². The standard InChI is InChI=1S/C11H18O5/c1-8(10(12)13)16-9-2-4-15-11(6-9)3-5-14-7-11/h8-9H,2-7H2,1H3,(H,12,13). The summed E-state index contributed by atoms with van der Waals surface area (Å²) in [5, 5.41) is 8.79. The first-order chi connectivity index (χ1) is 7.61. The predicted molar refractivity (Wildman–Crippen MR) is 55.3 cm³/mol. The van der Waals surface area contributed by atoms with E-state index >= 15 is 0 Å². The van der Waals surface area contributed by atoms with Crippen LogP contribution in [0.5, 0.6) is 0 Å². The van der Waals surface area contributed by atoms with Gasteiger partial charge < -0.3 is 19.3 Å². The molecule has 5 nitrogen and oxygen atoms in total. The van der Waals surface area contributed by atoms with Crippen molar-refractivity contribution < 1.29 is 24.1 Å². The lowest BCUT2D eigenvalue weighted by molar-refractivity contribution is -0.169. The second-order valence-corrected chi connectivity index (χ2v) is 4.57. The van der Waals surface area contributed by atoms with E-state index in [0.717, 1.165) is 25.9 Å². The molecule has 2 fully saturated rings. The summed E-state index contributed by atoms with van der Waals surface area (Å²) in [7, 11) is 0. The van der Waals surface area contributed by atoms with E-state index in [-0.39, 0.29) is 11.7 Å². The van der Waals surface area contributed by atoms with Crippen molar-refractivity contribution in [1.82, 2.24) is 0 Å². The number of hydrogen-bond acceptors (Lipinski definition) is 4. The van der Waals surface area contributed by atoms with Gasteiger partial charge in [0.1, 0.15) is 0 Å². The van der Waals surface area contributed by atoms with Crippen LogP contribution in [-0.4, -0.2) is 48.7 Å². The van der Waals surface area contributed by atoms with Crippen LogP contribution < -0.4 is 0 Å². The summed E-state index contributed by atoms with van der Waals surface area (Å²) < 4.78 is 16.6. The molecule has 3 unspecified atom stereocenters. The van der Waals surface area contributed by atoms with E-state index in [4.69, 9.17) is 19.3 Å². The molecule has 0 aromatic carbocycles. The molecule has 2 rings (SSSR count). The van der Waals surface area contributed by atoms with Crippen molar-refractivity contribution in [2.75, 3.05) is 19.8 Å². The second kappa shape index (κ2) is 4.69. The number of carboxylic acid groups (broad SMARTS) is 1. The van der Waals surface area contributed by atoms with E-state index in [2.05, 4.69) is 0 Å². The zero-order valence-electron chi connectivity index (χ0n) is 9.48. The fourth-order valence-corrected chi connectivity index (χ4v) is 2.31. The van der Waals surface area contributed by atoms with Gasteiger partial charge in [-0.25, -0.2) is 4.79 Å². The molecule has 5 heteroatoms. The lowest BCUT2D eigenvalue weighted by atomic mass is 9.91. The topological polar surface area (TPSA) is 65.0 Å². The molecule has 3 atom stereocenters. The molecule has 0 amide bonds. The van der Waals surface area contributed by atoms with Gasteiger partial charge in [-0.05, 0) is 13.3 Å². The highest BCUT2D eigenvalue weighted by molar-refractivity contribution is 5.71. The molecule has 0 bridgehead atoms. The molecule has 0 radical (unpaired) electrons. The number of aliphatic carboxylic acids is 1. The lowest BCUT2D eigenvalue weighted by Crippen LogP contribution is -2.44. The zero-order chi connectivity index (χ0) is 11.6. The molecule has 1 N–H and O–H groups in total. The van der Waals surface area contributed by atoms with E-state index < -0.39 is 12.1 Å². The molecule has 0 aromatic rings. The summed E-state index contributed by atoms with van der Waals surface area (Å²) in [4.78, 5) is 10.7. The average Bonchev–Trinajstić information content (AvgIpc) is 2.66. The van der Waals surface area contributed by atoms with Crippen molar-refractivity contribution in [2.45, 2.75) is 44.0 Å². The van der Waals surface area contributed by atoms with E-state index in [1.54, 1.807) is 6.92 Å². The van der Waals surface area contributed by atoms with Crippen molar-refractivity contribution in [2.24, 2.45) is 0 Å². The Hall–Kier alpha value is -0.650. The summed E-state index contributed by atoms with van der Waals surface area (Å²) in [6.45, 7) is 3.52. The third-order valence-electron chi connectivity index (χ3n) is 3.26. The highest BCUT2D eigenvalue weighted by Crippen LogP contribution is 2.34. The van der Waals surface area contributed by atoms with Crippen molar-refractivity contribution in [1.29, 1.82) is 0 Å². The van der Waals surface area contributed by atoms with Crippen LogP contribution in [0.15, 0.2) is 0 Å². The van der Waals surface area contributed by atoms with E-state index in [1.807, 2.05) is 0 Å². The van der Waals surface area contributed by atoms with Crippen LogP contribution in [0.4, 0.5) is 0 Å². The maximum absolute atomic E-state index is 10.7. The minimum Gasteiger partial charge on any atom is -0.479 e. The van der Waals surface area contributed by atoms with Gasteiger partial charge in [0.2, 0.25) is 0 Å². The first kappa shape index (κ1) is 11.8. The average molecular weight is 230 g/mol. The highest BCUT2D eigenvalue weighted by atomic mass is 16.6. The van der Waals surface area contributed by atoms with Gasteiger partial charge in [0.25, 0.3) is 0 Å². The minimum atomic E-state index is -0.914. The number of ether oxygens (including phenoxy) is 3. The largest absolute Gasteiger partial charge is 0.479 e. The first-order valence-electron chi connectivity index (χ1n) is 5.71. The van der Waals surface area contributed by atoms with Crippen molar-refractivity contribution in [3.05, 3.63) is 0 Å². The summed E-state index contributed by atoms with van der Waals surface area (Å²) in [5.74, 6) is -0.914. The zero-order valence-corrected chi connectivity index (χ0v) is 9.48. The molecule has 0 aromatic heterocycles.